The Balaban J connectivity index is 1.88. The molecule has 0 amide bonds. The van der Waals surface area contributed by atoms with Crippen LogP contribution in [0.5, 0.6) is 0 Å². The Kier molecular flexibility index (Phi) is 4.29. The Bertz CT molecular complexity index is 401. The van der Waals surface area contributed by atoms with Gasteiger partial charge in [0, 0.05) is 18.7 Å². The molecule has 1 atom stereocenters. The van der Waals surface area contributed by atoms with Gasteiger partial charge in [0.25, 0.3) is 0 Å². The molecule has 2 rings (SSSR count). The fourth-order valence-corrected chi connectivity index (χ4v) is 1.96. The third-order valence-corrected chi connectivity index (χ3v) is 2.77. The SMILES string of the molecule is CN(Cc1cn[nH]c1C(=O)O)CC1COCCO1. The number of H-pyrrole nitrogens is 1. The Hall–Kier alpha value is -1.44. The van der Waals surface area contributed by atoms with Gasteiger partial charge in [-0.1, -0.05) is 0 Å². The molecular weight excluding hydrogens is 238 g/mol. The first-order valence-electron chi connectivity index (χ1n) is 5.80. The normalized spacial score (nSPS) is 20.2. The highest BCUT2D eigenvalue weighted by Crippen LogP contribution is 2.09. The molecule has 18 heavy (non-hydrogen) atoms. The fourth-order valence-electron chi connectivity index (χ4n) is 1.96. The van der Waals surface area contributed by atoms with Crippen molar-refractivity contribution in [1.29, 1.82) is 0 Å². The summed E-state index contributed by atoms with van der Waals surface area (Å²) in [7, 11) is 1.91. The molecule has 1 aromatic rings. The number of hydrogen-bond acceptors (Lipinski definition) is 5. The lowest BCUT2D eigenvalue weighted by molar-refractivity contribution is -0.0962. The zero-order valence-corrected chi connectivity index (χ0v) is 10.3. The molecule has 0 spiro atoms. The Morgan fingerprint density at radius 2 is 2.50 bits per heavy atom. The van der Waals surface area contributed by atoms with Crippen LogP contribution in [0.25, 0.3) is 0 Å². The lowest BCUT2D eigenvalue weighted by atomic mass is 10.2. The highest BCUT2D eigenvalue weighted by molar-refractivity contribution is 5.86. The van der Waals surface area contributed by atoms with E-state index >= 15 is 0 Å². The van der Waals surface area contributed by atoms with Gasteiger partial charge in [0.15, 0.2) is 0 Å². The van der Waals surface area contributed by atoms with E-state index in [1.807, 2.05) is 11.9 Å². The summed E-state index contributed by atoms with van der Waals surface area (Å²) in [6.07, 6.45) is 1.59. The maximum Gasteiger partial charge on any atom is 0.354 e. The third-order valence-electron chi connectivity index (χ3n) is 2.77. The molecule has 7 heteroatoms. The minimum Gasteiger partial charge on any atom is -0.477 e. The zero-order valence-electron chi connectivity index (χ0n) is 10.3. The number of aromatic nitrogens is 2. The summed E-state index contributed by atoms with van der Waals surface area (Å²) < 4.78 is 10.9. The quantitative estimate of drug-likeness (QED) is 0.767. The predicted octanol–water partition coefficient (Wildman–Crippen LogP) is -0.0449. The van der Waals surface area contributed by atoms with Crippen LogP contribution in [0.4, 0.5) is 0 Å². The lowest BCUT2D eigenvalue weighted by Crippen LogP contribution is -2.38. The molecule has 2 N–H and O–H groups in total. The number of likely N-dealkylation sites (N-methyl/N-ethyl adjacent to an activating group) is 1. The van der Waals surface area contributed by atoms with Crippen LogP contribution in [0.15, 0.2) is 6.20 Å². The number of carboxylic acid groups (broad SMARTS) is 1. The number of nitrogens with one attached hydrogen (secondary N) is 1. The lowest BCUT2D eigenvalue weighted by Gasteiger charge is -2.27. The van der Waals surface area contributed by atoms with Crippen LogP contribution in [-0.4, -0.2) is 65.7 Å². The van der Waals surface area contributed by atoms with Crippen LogP contribution >= 0.6 is 0 Å². The average Bonchev–Trinajstić information content (AvgIpc) is 2.78. The molecule has 100 valence electrons. The van der Waals surface area contributed by atoms with Crippen molar-refractivity contribution in [3.63, 3.8) is 0 Å². The predicted molar refractivity (Wildman–Crippen MR) is 62.4 cm³/mol. The molecule has 1 saturated heterocycles. The molecule has 1 aliphatic rings. The van der Waals surface area contributed by atoms with Gasteiger partial charge in [0.05, 0.1) is 32.1 Å². The summed E-state index contributed by atoms with van der Waals surface area (Å²) in [4.78, 5) is 12.9. The van der Waals surface area contributed by atoms with Crippen LogP contribution in [0.1, 0.15) is 16.1 Å². The van der Waals surface area contributed by atoms with Crippen LogP contribution in [0.3, 0.4) is 0 Å². The van der Waals surface area contributed by atoms with Gasteiger partial charge >= 0.3 is 5.97 Å². The van der Waals surface area contributed by atoms with Gasteiger partial charge in [-0.25, -0.2) is 4.79 Å². The van der Waals surface area contributed by atoms with E-state index in [-0.39, 0.29) is 11.8 Å². The topological polar surface area (TPSA) is 87.7 Å². The smallest absolute Gasteiger partial charge is 0.354 e. The van der Waals surface area contributed by atoms with Gasteiger partial charge in [-0.05, 0) is 7.05 Å². The number of nitrogens with zero attached hydrogens (tertiary/aromatic N) is 2. The van der Waals surface area contributed by atoms with Crippen molar-refractivity contribution in [2.75, 3.05) is 33.4 Å². The molecule has 0 bridgehead atoms. The van der Waals surface area contributed by atoms with Crippen molar-refractivity contribution in [3.8, 4) is 0 Å². The van der Waals surface area contributed by atoms with Crippen molar-refractivity contribution in [2.45, 2.75) is 12.6 Å². The highest BCUT2D eigenvalue weighted by atomic mass is 16.6. The number of carboxylic acids is 1. The van der Waals surface area contributed by atoms with Crippen LogP contribution in [0.2, 0.25) is 0 Å². The summed E-state index contributed by atoms with van der Waals surface area (Å²) in [6.45, 7) is 3.06. The zero-order chi connectivity index (χ0) is 13.0. The minimum atomic E-state index is -0.992. The first kappa shape index (κ1) is 13.0. The van der Waals surface area contributed by atoms with Gasteiger partial charge in [-0.3, -0.25) is 10.00 Å². The van der Waals surface area contributed by atoms with E-state index in [0.29, 0.717) is 38.5 Å². The molecule has 1 fully saturated rings. The fraction of sp³-hybridized carbons (Fsp3) is 0.636. The molecule has 7 nitrogen and oxygen atoms in total. The number of hydrogen-bond donors (Lipinski definition) is 2. The van der Waals surface area contributed by atoms with Gasteiger partial charge in [-0.2, -0.15) is 5.10 Å². The Morgan fingerprint density at radius 1 is 1.67 bits per heavy atom. The molecule has 0 radical (unpaired) electrons. The molecule has 0 aromatic carbocycles. The summed E-state index contributed by atoms with van der Waals surface area (Å²) >= 11 is 0. The van der Waals surface area contributed by atoms with Gasteiger partial charge in [0.2, 0.25) is 0 Å². The highest BCUT2D eigenvalue weighted by Gasteiger charge is 2.19. The van der Waals surface area contributed by atoms with Gasteiger partial charge < -0.3 is 14.6 Å². The maximum absolute atomic E-state index is 10.9. The molecule has 1 aromatic heterocycles. The number of aromatic carboxylic acids is 1. The van der Waals surface area contributed by atoms with Crippen molar-refractivity contribution in [3.05, 3.63) is 17.5 Å². The van der Waals surface area contributed by atoms with E-state index in [1.54, 1.807) is 0 Å². The van der Waals surface area contributed by atoms with Crippen LogP contribution in [0, 0.1) is 0 Å². The summed E-state index contributed by atoms with van der Waals surface area (Å²) in [5, 5.41) is 15.2. The monoisotopic (exact) mass is 255 g/mol. The Morgan fingerprint density at radius 3 is 3.17 bits per heavy atom. The molecule has 2 heterocycles. The first-order chi connectivity index (χ1) is 8.66. The second kappa shape index (κ2) is 5.94. The summed E-state index contributed by atoms with van der Waals surface area (Å²) in [5.74, 6) is -0.992. The number of rotatable bonds is 5. The van der Waals surface area contributed by atoms with E-state index < -0.39 is 5.97 Å². The number of aromatic amines is 1. The van der Waals surface area contributed by atoms with E-state index in [2.05, 4.69) is 10.2 Å². The maximum atomic E-state index is 10.9. The van der Waals surface area contributed by atoms with Crippen molar-refractivity contribution >= 4 is 5.97 Å². The standard InChI is InChI=1S/C11H17N3O4/c1-14(6-9-7-17-2-3-18-9)5-8-4-12-13-10(8)11(15)16/h4,9H,2-3,5-7H2,1H3,(H,12,13)(H,15,16). The first-order valence-corrected chi connectivity index (χ1v) is 5.80. The van der Waals surface area contributed by atoms with Gasteiger partial charge in [-0.15, -0.1) is 0 Å². The summed E-state index contributed by atoms with van der Waals surface area (Å²) in [6, 6.07) is 0. The summed E-state index contributed by atoms with van der Waals surface area (Å²) in [5.41, 5.74) is 0.810. The van der Waals surface area contributed by atoms with E-state index in [1.165, 1.54) is 6.20 Å². The molecule has 1 unspecified atom stereocenters. The molecule has 0 saturated carbocycles. The number of ether oxygens (including phenoxy) is 2. The van der Waals surface area contributed by atoms with Gasteiger partial charge in [0.1, 0.15) is 5.69 Å². The van der Waals surface area contributed by atoms with Crippen LogP contribution < -0.4 is 0 Å². The average molecular weight is 255 g/mol. The third kappa shape index (κ3) is 3.28. The minimum absolute atomic E-state index is 0.0453. The van der Waals surface area contributed by atoms with E-state index in [4.69, 9.17) is 14.6 Å². The van der Waals surface area contributed by atoms with E-state index in [0.717, 1.165) is 0 Å². The van der Waals surface area contributed by atoms with E-state index in [9.17, 15) is 4.79 Å². The van der Waals surface area contributed by atoms with Crippen molar-refractivity contribution < 1.29 is 19.4 Å². The Labute approximate surface area is 105 Å². The van der Waals surface area contributed by atoms with Crippen molar-refractivity contribution in [2.24, 2.45) is 0 Å². The molecule has 1 aliphatic heterocycles. The second-order valence-electron chi connectivity index (χ2n) is 4.34. The largest absolute Gasteiger partial charge is 0.477 e. The molecular formula is C11H17N3O4. The van der Waals surface area contributed by atoms with Crippen LogP contribution in [-0.2, 0) is 16.0 Å². The number of carbonyl (C=O) groups is 1. The molecule has 0 aliphatic carbocycles. The van der Waals surface area contributed by atoms with Crippen molar-refractivity contribution in [1.82, 2.24) is 15.1 Å². The second-order valence-corrected chi connectivity index (χ2v) is 4.34.